The fourth-order valence-corrected chi connectivity index (χ4v) is 3.85. The van der Waals surface area contributed by atoms with Crippen molar-refractivity contribution in [2.75, 3.05) is 6.54 Å². The molecule has 0 amide bonds. The third kappa shape index (κ3) is 1.92. The molecule has 0 saturated carbocycles. The zero-order valence-electron chi connectivity index (χ0n) is 10.8. The molecule has 4 heteroatoms. The Bertz CT molecular complexity index is 781. The lowest BCUT2D eigenvalue weighted by atomic mass is 9.91. The zero-order chi connectivity index (χ0) is 13.5. The summed E-state index contributed by atoms with van der Waals surface area (Å²) in [6, 6.07) is 13.3. The van der Waals surface area contributed by atoms with Crippen molar-refractivity contribution in [2.45, 2.75) is 12.5 Å². The van der Waals surface area contributed by atoms with Gasteiger partial charge in [0.15, 0.2) is 0 Å². The Balaban J connectivity index is 1.84. The topological polar surface area (TPSA) is 24.9 Å². The summed E-state index contributed by atoms with van der Waals surface area (Å²) in [6.07, 6.45) is 0. The summed E-state index contributed by atoms with van der Waals surface area (Å²) in [5.74, 6) is 0.0388. The van der Waals surface area contributed by atoms with Gasteiger partial charge in [0, 0.05) is 25.1 Å². The second-order valence-electron chi connectivity index (χ2n) is 5.05. The average molecular weight is 284 g/mol. The summed E-state index contributed by atoms with van der Waals surface area (Å²) in [5.41, 5.74) is 3.42. The van der Waals surface area contributed by atoms with Gasteiger partial charge in [0.2, 0.25) is 0 Å². The van der Waals surface area contributed by atoms with Crippen LogP contribution in [0.25, 0.3) is 10.2 Å². The molecule has 3 aromatic rings. The van der Waals surface area contributed by atoms with Gasteiger partial charge in [0.05, 0.1) is 10.2 Å². The lowest BCUT2D eigenvalue weighted by Crippen LogP contribution is -2.28. The minimum atomic E-state index is -0.225. The Kier molecular flexibility index (Phi) is 2.79. The Morgan fingerprint density at radius 2 is 2.10 bits per heavy atom. The smallest absolute Gasteiger partial charge is 0.125 e. The fourth-order valence-electron chi connectivity index (χ4n) is 2.78. The number of aromatic nitrogens is 1. The molecule has 0 bridgehead atoms. The molecule has 0 saturated heterocycles. The summed E-state index contributed by atoms with van der Waals surface area (Å²) in [4.78, 5) is 4.63. The van der Waals surface area contributed by atoms with Crippen LogP contribution in [0.15, 0.2) is 42.5 Å². The lowest BCUT2D eigenvalue weighted by molar-refractivity contribution is 0.590. The highest BCUT2D eigenvalue weighted by atomic mass is 32.1. The number of hydrogen-bond acceptors (Lipinski definition) is 3. The normalized spacial score (nSPS) is 18.1. The Morgan fingerprint density at radius 3 is 3.05 bits per heavy atom. The molecular weight excluding hydrogens is 271 g/mol. The van der Waals surface area contributed by atoms with Gasteiger partial charge in [-0.2, -0.15) is 0 Å². The summed E-state index contributed by atoms with van der Waals surface area (Å²) in [7, 11) is 0. The van der Waals surface area contributed by atoms with E-state index in [1.807, 2.05) is 6.07 Å². The predicted octanol–water partition coefficient (Wildman–Crippen LogP) is 3.67. The zero-order valence-corrected chi connectivity index (χ0v) is 11.6. The average Bonchev–Trinajstić information content (AvgIpc) is 2.89. The van der Waals surface area contributed by atoms with Crippen LogP contribution in [0.5, 0.6) is 0 Å². The second kappa shape index (κ2) is 4.65. The van der Waals surface area contributed by atoms with Crippen molar-refractivity contribution in [1.82, 2.24) is 10.3 Å². The first-order valence-electron chi connectivity index (χ1n) is 6.66. The summed E-state index contributed by atoms with van der Waals surface area (Å²) in [6.45, 7) is 1.80. The molecule has 2 nitrogen and oxygen atoms in total. The first-order chi connectivity index (χ1) is 9.81. The SMILES string of the molecule is Fc1ccc2sc(C3CNCc4ccccc43)nc2c1. The lowest BCUT2D eigenvalue weighted by Gasteiger charge is -2.24. The summed E-state index contributed by atoms with van der Waals surface area (Å²) in [5, 5.41) is 4.50. The van der Waals surface area contributed by atoms with Crippen molar-refractivity contribution >= 4 is 21.6 Å². The van der Waals surface area contributed by atoms with Crippen molar-refractivity contribution in [3.63, 3.8) is 0 Å². The maximum absolute atomic E-state index is 13.3. The maximum Gasteiger partial charge on any atom is 0.125 e. The Hall–Kier alpha value is -1.78. The van der Waals surface area contributed by atoms with Gasteiger partial charge in [-0.1, -0.05) is 24.3 Å². The molecule has 4 rings (SSSR count). The molecule has 1 N–H and O–H groups in total. The highest BCUT2D eigenvalue weighted by Crippen LogP contribution is 2.34. The second-order valence-corrected chi connectivity index (χ2v) is 6.11. The van der Waals surface area contributed by atoms with Crippen LogP contribution in [0.3, 0.4) is 0 Å². The van der Waals surface area contributed by atoms with Gasteiger partial charge in [-0.15, -0.1) is 11.3 Å². The molecule has 1 aliphatic heterocycles. The largest absolute Gasteiger partial charge is 0.312 e. The van der Waals surface area contributed by atoms with Crippen molar-refractivity contribution in [1.29, 1.82) is 0 Å². The van der Waals surface area contributed by atoms with Gasteiger partial charge in [-0.3, -0.25) is 0 Å². The number of nitrogens with one attached hydrogen (secondary N) is 1. The Morgan fingerprint density at radius 1 is 1.20 bits per heavy atom. The molecule has 0 fully saturated rings. The van der Waals surface area contributed by atoms with Crippen molar-refractivity contribution in [2.24, 2.45) is 0 Å². The molecule has 2 heterocycles. The van der Waals surface area contributed by atoms with Gasteiger partial charge >= 0.3 is 0 Å². The van der Waals surface area contributed by atoms with E-state index in [-0.39, 0.29) is 11.7 Å². The van der Waals surface area contributed by atoms with E-state index in [0.717, 1.165) is 28.3 Å². The molecule has 1 atom stereocenters. The van der Waals surface area contributed by atoms with E-state index in [4.69, 9.17) is 0 Å². The number of benzene rings is 2. The number of rotatable bonds is 1. The highest BCUT2D eigenvalue weighted by Gasteiger charge is 2.24. The maximum atomic E-state index is 13.3. The van der Waals surface area contributed by atoms with Crippen molar-refractivity contribution < 1.29 is 4.39 Å². The van der Waals surface area contributed by atoms with Crippen LogP contribution >= 0.6 is 11.3 Å². The van der Waals surface area contributed by atoms with Crippen LogP contribution in [0, 0.1) is 5.82 Å². The third-order valence-electron chi connectivity index (χ3n) is 3.76. The van der Waals surface area contributed by atoms with E-state index in [1.165, 1.54) is 23.3 Å². The van der Waals surface area contributed by atoms with Crippen LogP contribution in [0.1, 0.15) is 22.1 Å². The Labute approximate surface area is 120 Å². The quantitative estimate of drug-likeness (QED) is 0.737. The summed E-state index contributed by atoms with van der Waals surface area (Å²) < 4.78 is 14.3. The molecule has 100 valence electrons. The molecule has 0 aliphatic carbocycles. The number of fused-ring (bicyclic) bond motifs is 2. The molecule has 20 heavy (non-hydrogen) atoms. The number of halogens is 1. The number of hydrogen-bond donors (Lipinski definition) is 1. The van der Waals surface area contributed by atoms with Crippen LogP contribution in [-0.4, -0.2) is 11.5 Å². The minimum Gasteiger partial charge on any atom is -0.312 e. The monoisotopic (exact) mass is 284 g/mol. The van der Waals surface area contributed by atoms with Gasteiger partial charge in [0.25, 0.3) is 0 Å². The van der Waals surface area contributed by atoms with E-state index in [9.17, 15) is 4.39 Å². The predicted molar refractivity (Wildman–Crippen MR) is 79.6 cm³/mol. The first-order valence-corrected chi connectivity index (χ1v) is 7.47. The van der Waals surface area contributed by atoms with Crippen LogP contribution < -0.4 is 5.32 Å². The molecule has 0 spiro atoms. The third-order valence-corrected chi connectivity index (χ3v) is 4.91. The molecule has 2 aromatic carbocycles. The van der Waals surface area contributed by atoms with Crippen molar-refractivity contribution in [3.8, 4) is 0 Å². The van der Waals surface area contributed by atoms with Gasteiger partial charge < -0.3 is 5.32 Å². The fraction of sp³-hybridized carbons (Fsp3) is 0.188. The van der Waals surface area contributed by atoms with E-state index in [0.29, 0.717) is 0 Å². The van der Waals surface area contributed by atoms with E-state index in [2.05, 4.69) is 34.6 Å². The van der Waals surface area contributed by atoms with Crippen molar-refractivity contribution in [3.05, 3.63) is 64.4 Å². The number of thiazole rings is 1. The first kappa shape index (κ1) is 12.0. The number of nitrogens with zero attached hydrogens (tertiary/aromatic N) is 1. The van der Waals surface area contributed by atoms with Gasteiger partial charge in [0.1, 0.15) is 10.8 Å². The summed E-state index contributed by atoms with van der Waals surface area (Å²) >= 11 is 1.66. The molecule has 1 aliphatic rings. The molecule has 1 unspecified atom stereocenters. The minimum absolute atomic E-state index is 0.225. The molecule has 1 aromatic heterocycles. The van der Waals surface area contributed by atoms with E-state index >= 15 is 0 Å². The van der Waals surface area contributed by atoms with E-state index < -0.39 is 0 Å². The molecular formula is C16H13FN2S. The van der Waals surface area contributed by atoms with Crippen LogP contribution in [0.2, 0.25) is 0 Å². The van der Waals surface area contributed by atoms with Gasteiger partial charge in [-0.05, 0) is 23.3 Å². The standard InChI is InChI=1S/C16H13FN2S/c17-11-5-6-15-14(7-11)19-16(20-15)13-9-18-8-10-3-1-2-4-12(10)13/h1-7,13,18H,8-9H2. The van der Waals surface area contributed by atoms with Gasteiger partial charge in [-0.25, -0.2) is 9.37 Å². The highest BCUT2D eigenvalue weighted by molar-refractivity contribution is 7.18. The van der Waals surface area contributed by atoms with E-state index in [1.54, 1.807) is 11.3 Å². The molecule has 0 radical (unpaired) electrons. The van der Waals surface area contributed by atoms with Crippen LogP contribution in [0.4, 0.5) is 4.39 Å². The van der Waals surface area contributed by atoms with Crippen LogP contribution in [-0.2, 0) is 6.54 Å².